The van der Waals surface area contributed by atoms with E-state index in [0.717, 1.165) is 16.3 Å². The summed E-state index contributed by atoms with van der Waals surface area (Å²) in [6.07, 6.45) is 1.54. The van der Waals surface area contributed by atoms with E-state index in [1.807, 2.05) is 101 Å². The monoisotopic (exact) mass is 1330 g/mol. The van der Waals surface area contributed by atoms with Crippen molar-refractivity contribution in [2.24, 2.45) is 0 Å². The first-order valence-corrected chi connectivity index (χ1v) is 27.8. The number of benzene rings is 11. The zero-order chi connectivity index (χ0) is 75.9. The molecule has 0 bridgehead atoms. The standard InChI is InChI=1S/C80H63N4O2.Pt/c1-79(2,3)60-46-58(54-25-11-7-12-26-54)45-59(47-60)67-37-24-36-66(55-27-13-8-14-28-55)78(67)86-65-43-44-81-76(52-65)84-72-38-20-19-35-68(72)69-42-41-64(51-75(69)84)85-63-34-23-33-62(50-63)82-53-83(74-40-22-21-39-73(74)82)77-70(56-29-15-9-16-30-56)48-61(80(4,5)6)49-71(77)57-31-17-10-18-32-57;/h7-49,52-53H,1-6H3;/q-3;/i7D,8D,9D,10D,11D,12D,13D,14D,15D,16D,17D,18D,25D,26D,27D,28D,29D,30D,31D,32D;. The van der Waals surface area contributed by atoms with E-state index in [4.69, 9.17) is 33.6 Å². The van der Waals surface area contributed by atoms with E-state index in [0.29, 0.717) is 56.2 Å². The fourth-order valence-corrected chi connectivity index (χ4v) is 10.8. The Morgan fingerprint density at radius 3 is 1.63 bits per heavy atom. The molecule has 87 heavy (non-hydrogen) atoms. The van der Waals surface area contributed by atoms with Gasteiger partial charge in [0.25, 0.3) is 0 Å². The van der Waals surface area contributed by atoms with Crippen LogP contribution in [0, 0.1) is 18.8 Å². The van der Waals surface area contributed by atoms with Gasteiger partial charge in [0.05, 0.1) is 27.4 Å². The van der Waals surface area contributed by atoms with Gasteiger partial charge in [0.15, 0.2) is 0 Å². The summed E-state index contributed by atoms with van der Waals surface area (Å²) in [6, 6.07) is 37.1. The fraction of sp³-hybridized carbons (Fsp3) is 0.100. The van der Waals surface area contributed by atoms with Crippen molar-refractivity contribution in [1.29, 1.82) is 0 Å². The van der Waals surface area contributed by atoms with Gasteiger partial charge in [-0.2, -0.15) is 12.1 Å². The van der Waals surface area contributed by atoms with Crippen molar-refractivity contribution in [1.82, 2.24) is 9.55 Å². The third kappa shape index (κ3) is 11.0. The van der Waals surface area contributed by atoms with Gasteiger partial charge < -0.3 is 23.8 Å². The molecule has 0 N–H and O–H groups in total. The number of rotatable bonds is 12. The van der Waals surface area contributed by atoms with Gasteiger partial charge in [-0.05, 0) is 103 Å². The molecule has 1 aliphatic heterocycles. The van der Waals surface area contributed by atoms with Crippen molar-refractivity contribution >= 4 is 44.6 Å². The van der Waals surface area contributed by atoms with E-state index >= 15 is 0 Å². The first-order chi connectivity index (χ1) is 50.2. The van der Waals surface area contributed by atoms with Gasteiger partial charge in [-0.15, -0.1) is 48.1 Å². The van der Waals surface area contributed by atoms with E-state index in [-0.39, 0.29) is 88.7 Å². The van der Waals surface area contributed by atoms with E-state index < -0.39 is 132 Å². The third-order valence-electron chi connectivity index (χ3n) is 15.0. The van der Waals surface area contributed by atoms with Crippen LogP contribution in [0.25, 0.3) is 83.3 Å². The summed E-state index contributed by atoms with van der Waals surface area (Å²) in [6.45, 7) is 13.4. The summed E-state index contributed by atoms with van der Waals surface area (Å²) in [5.41, 5.74) is 3.97. The maximum Gasteiger partial charge on any atom is 0.143 e. The Labute approximate surface area is 553 Å². The number of anilines is 4. The molecule has 428 valence electrons. The van der Waals surface area contributed by atoms with Crippen molar-refractivity contribution < 1.29 is 58.0 Å². The molecule has 11 aromatic carbocycles. The van der Waals surface area contributed by atoms with Crippen LogP contribution in [0.1, 0.15) is 80.1 Å². The summed E-state index contributed by atoms with van der Waals surface area (Å²) >= 11 is 0. The van der Waals surface area contributed by atoms with Crippen LogP contribution in [0.2, 0.25) is 0 Å². The van der Waals surface area contributed by atoms with Crippen molar-refractivity contribution in [3.8, 4) is 84.5 Å². The average Bonchev–Trinajstić information content (AvgIpc) is 1.72. The summed E-state index contributed by atoms with van der Waals surface area (Å²) < 4.78 is 193. The van der Waals surface area contributed by atoms with Gasteiger partial charge in [0.1, 0.15) is 17.3 Å². The molecule has 0 aliphatic carbocycles. The second-order valence-electron chi connectivity index (χ2n) is 22.6. The van der Waals surface area contributed by atoms with Crippen molar-refractivity contribution in [3.63, 3.8) is 0 Å². The van der Waals surface area contributed by atoms with Crippen LogP contribution in [0.3, 0.4) is 0 Å². The topological polar surface area (TPSA) is 42.8 Å². The quantitative estimate of drug-likeness (QED) is 0.114. The second kappa shape index (κ2) is 23.3. The SMILES string of the molecule is [2H]c1c([2H])c([2H])c(-c2cc(-c3cccc(-c4c([2H])c([2H])c([2H])c([2H])c4[2H])c3Oc3ccnc(-n4c5[c-]c(Oc6[c-]c(N7[CH-]N(c8c(-c9c([2H])c([2H])c([2H])c([2H])c9[2H])cc(C(C)(C)C)cc8-c8c([2H])c([2H])c([2H])c([2H])c8[2H])c8ccccc87)ccc6)ccc5c5ccccc54)c3)cc(C(C)(C)C)c2)c([2H])c1[2H].[Pt]. The first kappa shape index (κ1) is 37.6. The van der Waals surface area contributed by atoms with Crippen molar-refractivity contribution in [2.75, 3.05) is 9.80 Å². The van der Waals surface area contributed by atoms with Crippen LogP contribution in [-0.2, 0) is 31.9 Å². The van der Waals surface area contributed by atoms with E-state index in [1.165, 1.54) is 6.20 Å². The van der Waals surface area contributed by atoms with E-state index in [2.05, 4.69) is 12.1 Å². The van der Waals surface area contributed by atoms with Crippen LogP contribution < -0.4 is 19.3 Å². The summed E-state index contributed by atoms with van der Waals surface area (Å²) in [5, 5.41) is 1.59. The third-order valence-corrected chi connectivity index (χ3v) is 15.0. The Morgan fingerprint density at radius 1 is 0.448 bits per heavy atom. The number of fused-ring (bicyclic) bond motifs is 4. The number of pyridine rings is 1. The Bertz CT molecular complexity index is 5710. The predicted molar refractivity (Wildman–Crippen MR) is 355 cm³/mol. The molecule has 0 unspecified atom stereocenters. The molecule has 6 nitrogen and oxygen atoms in total. The predicted octanol–water partition coefficient (Wildman–Crippen LogP) is 21.7. The van der Waals surface area contributed by atoms with Crippen LogP contribution in [0.4, 0.5) is 22.7 Å². The largest absolute Gasteiger partial charge is 0.509 e. The Kier molecular flexibility index (Phi) is 10.1. The van der Waals surface area contributed by atoms with Crippen molar-refractivity contribution in [3.05, 3.63) is 296 Å². The summed E-state index contributed by atoms with van der Waals surface area (Å²) in [7, 11) is 0. The van der Waals surface area contributed by atoms with Gasteiger partial charge in [-0.25, -0.2) is 4.98 Å². The molecule has 0 atom stereocenters. The van der Waals surface area contributed by atoms with Crippen LogP contribution in [0.15, 0.2) is 267 Å². The molecular weight excluding hydrogens is 1240 g/mol. The molecule has 13 aromatic rings. The number of hydrogen-bond acceptors (Lipinski definition) is 5. The molecular formula is C80H63N4O2Pt-3. The van der Waals surface area contributed by atoms with Gasteiger partial charge in [-0.3, -0.25) is 0 Å². The Hall–Kier alpha value is -9.74. The normalized spacial score (nSPS) is 15.5. The molecule has 7 heteroatoms. The van der Waals surface area contributed by atoms with Crippen LogP contribution in [0.5, 0.6) is 23.0 Å². The molecule has 2 aromatic heterocycles. The zero-order valence-electron chi connectivity index (χ0n) is 67.9. The van der Waals surface area contributed by atoms with Gasteiger partial charge in [0.2, 0.25) is 0 Å². The minimum atomic E-state index is -0.696. The molecule has 14 rings (SSSR count). The zero-order valence-corrected chi connectivity index (χ0v) is 50.1. The van der Waals surface area contributed by atoms with Crippen LogP contribution in [-0.4, -0.2) is 9.55 Å². The number of hydrogen-bond donors (Lipinski definition) is 0. The van der Waals surface area contributed by atoms with E-state index in [1.54, 1.807) is 101 Å². The summed E-state index contributed by atoms with van der Waals surface area (Å²) in [5.74, 6) is 1.10. The molecule has 3 heterocycles. The average molecular weight is 1330 g/mol. The van der Waals surface area contributed by atoms with Gasteiger partial charge >= 0.3 is 0 Å². The molecule has 0 spiro atoms. The van der Waals surface area contributed by atoms with Gasteiger partial charge in [-0.1, -0.05) is 229 Å². The smallest absolute Gasteiger partial charge is 0.143 e. The number of nitrogens with zero attached hydrogens (tertiary/aromatic N) is 4. The van der Waals surface area contributed by atoms with Gasteiger partial charge in [0, 0.05) is 89.7 Å². The number of para-hydroxylation sites is 4. The Balaban J connectivity index is 0.0000101. The fourth-order valence-electron chi connectivity index (χ4n) is 10.8. The van der Waals surface area contributed by atoms with E-state index in [9.17, 15) is 8.22 Å². The second-order valence-corrected chi connectivity index (χ2v) is 22.6. The first-order valence-electron chi connectivity index (χ1n) is 37.8. The molecule has 1 aliphatic rings. The maximum atomic E-state index is 9.34. The molecule has 0 fully saturated rings. The summed E-state index contributed by atoms with van der Waals surface area (Å²) in [4.78, 5) is 8.42. The van der Waals surface area contributed by atoms with Crippen LogP contribution >= 0.6 is 0 Å². The number of ether oxygens (including phenoxy) is 2. The molecule has 0 amide bonds. The minimum Gasteiger partial charge on any atom is -0.509 e. The number of aromatic nitrogens is 2. The van der Waals surface area contributed by atoms with Crippen molar-refractivity contribution in [2.45, 2.75) is 52.4 Å². The molecule has 0 radical (unpaired) electrons. The Morgan fingerprint density at radius 2 is 0.989 bits per heavy atom. The maximum absolute atomic E-state index is 9.34. The minimum absolute atomic E-state index is 0. The molecule has 0 saturated carbocycles. The molecule has 0 saturated heterocycles.